The standard InChI is InChI=1S/C18H18FNO4/c1-2-24-18(23)14-6-7-20-16(14)15(21)10-12(17(20)22)8-11-4-3-5-13(19)9-11/h3-5,9-10,14,16H,2,6-8H2,1H3. The molecule has 0 aromatic heterocycles. The first-order valence-corrected chi connectivity index (χ1v) is 7.97. The highest BCUT2D eigenvalue weighted by atomic mass is 19.1. The average molecular weight is 331 g/mol. The minimum Gasteiger partial charge on any atom is -0.466 e. The fourth-order valence-corrected chi connectivity index (χ4v) is 3.36. The molecule has 3 rings (SSSR count). The van der Waals surface area contributed by atoms with E-state index >= 15 is 0 Å². The van der Waals surface area contributed by atoms with Gasteiger partial charge in [-0.3, -0.25) is 14.4 Å². The number of ketones is 1. The zero-order chi connectivity index (χ0) is 17.3. The molecule has 2 heterocycles. The quantitative estimate of drug-likeness (QED) is 0.787. The molecule has 1 aromatic carbocycles. The molecule has 2 atom stereocenters. The van der Waals surface area contributed by atoms with Crippen molar-refractivity contribution in [2.24, 2.45) is 5.92 Å². The Morgan fingerprint density at radius 3 is 2.88 bits per heavy atom. The molecule has 6 heteroatoms. The van der Waals surface area contributed by atoms with E-state index in [4.69, 9.17) is 4.74 Å². The van der Waals surface area contributed by atoms with E-state index in [1.165, 1.54) is 23.1 Å². The molecule has 2 aliphatic heterocycles. The topological polar surface area (TPSA) is 63.7 Å². The van der Waals surface area contributed by atoms with Gasteiger partial charge in [0.15, 0.2) is 5.78 Å². The predicted octanol–water partition coefficient (Wildman–Crippen LogP) is 1.66. The molecule has 126 valence electrons. The van der Waals surface area contributed by atoms with E-state index in [1.54, 1.807) is 19.1 Å². The minimum absolute atomic E-state index is 0.190. The maximum absolute atomic E-state index is 13.3. The number of hydrogen-bond donors (Lipinski definition) is 0. The van der Waals surface area contributed by atoms with Crippen LogP contribution in [0.25, 0.3) is 0 Å². The lowest BCUT2D eigenvalue weighted by Gasteiger charge is -2.30. The molecular weight excluding hydrogens is 313 g/mol. The monoisotopic (exact) mass is 331 g/mol. The van der Waals surface area contributed by atoms with Crippen LogP contribution in [0.15, 0.2) is 35.9 Å². The second-order valence-corrected chi connectivity index (χ2v) is 5.97. The van der Waals surface area contributed by atoms with Gasteiger partial charge in [0.1, 0.15) is 11.9 Å². The normalized spacial score (nSPS) is 23.1. The van der Waals surface area contributed by atoms with Crippen molar-refractivity contribution in [3.8, 4) is 0 Å². The van der Waals surface area contributed by atoms with Gasteiger partial charge in [-0.15, -0.1) is 0 Å². The fraction of sp³-hybridized carbons (Fsp3) is 0.389. The summed E-state index contributed by atoms with van der Waals surface area (Å²) in [7, 11) is 0. The van der Waals surface area contributed by atoms with E-state index in [9.17, 15) is 18.8 Å². The molecular formula is C18H18FNO4. The number of fused-ring (bicyclic) bond motifs is 1. The first kappa shape index (κ1) is 16.4. The highest BCUT2D eigenvalue weighted by molar-refractivity contribution is 6.11. The third-order valence-electron chi connectivity index (χ3n) is 4.41. The van der Waals surface area contributed by atoms with Crippen LogP contribution in [0.1, 0.15) is 18.9 Å². The van der Waals surface area contributed by atoms with Crippen molar-refractivity contribution >= 4 is 17.7 Å². The fourth-order valence-electron chi connectivity index (χ4n) is 3.36. The van der Waals surface area contributed by atoms with Crippen LogP contribution in [0.5, 0.6) is 0 Å². The number of carbonyl (C=O) groups excluding carboxylic acids is 3. The zero-order valence-electron chi connectivity index (χ0n) is 13.3. The summed E-state index contributed by atoms with van der Waals surface area (Å²) in [4.78, 5) is 38.5. The van der Waals surface area contributed by atoms with Crippen LogP contribution in [0.4, 0.5) is 4.39 Å². The van der Waals surface area contributed by atoms with E-state index in [0.717, 1.165) is 0 Å². The van der Waals surface area contributed by atoms with Gasteiger partial charge in [0.2, 0.25) is 0 Å². The third-order valence-corrected chi connectivity index (χ3v) is 4.41. The molecule has 5 nitrogen and oxygen atoms in total. The van der Waals surface area contributed by atoms with Gasteiger partial charge in [0.25, 0.3) is 5.91 Å². The van der Waals surface area contributed by atoms with Crippen molar-refractivity contribution in [3.63, 3.8) is 0 Å². The van der Waals surface area contributed by atoms with Gasteiger partial charge in [0.05, 0.1) is 12.5 Å². The Labute approximate surface area is 139 Å². The van der Waals surface area contributed by atoms with Crippen LogP contribution in [0, 0.1) is 11.7 Å². The Morgan fingerprint density at radius 1 is 1.38 bits per heavy atom. The lowest BCUT2D eigenvalue weighted by molar-refractivity contribution is -0.151. The Bertz CT molecular complexity index is 727. The summed E-state index contributed by atoms with van der Waals surface area (Å²) in [5, 5.41) is 0. The van der Waals surface area contributed by atoms with Crippen molar-refractivity contribution in [2.75, 3.05) is 13.2 Å². The van der Waals surface area contributed by atoms with Crippen molar-refractivity contribution in [3.05, 3.63) is 47.3 Å². The van der Waals surface area contributed by atoms with Crippen molar-refractivity contribution < 1.29 is 23.5 Å². The number of benzene rings is 1. The van der Waals surface area contributed by atoms with Crippen molar-refractivity contribution in [2.45, 2.75) is 25.8 Å². The number of amides is 1. The smallest absolute Gasteiger partial charge is 0.311 e. The van der Waals surface area contributed by atoms with E-state index in [2.05, 4.69) is 0 Å². The van der Waals surface area contributed by atoms with E-state index in [-0.39, 0.29) is 30.5 Å². The molecule has 2 unspecified atom stereocenters. The average Bonchev–Trinajstić information content (AvgIpc) is 2.98. The molecule has 0 bridgehead atoms. The summed E-state index contributed by atoms with van der Waals surface area (Å²) in [6.07, 6.45) is 1.91. The van der Waals surface area contributed by atoms with E-state index in [0.29, 0.717) is 24.1 Å². The van der Waals surface area contributed by atoms with Crippen LogP contribution in [-0.2, 0) is 25.5 Å². The highest BCUT2D eigenvalue weighted by Crippen LogP contribution is 2.32. The maximum atomic E-state index is 13.3. The Hall–Kier alpha value is -2.50. The van der Waals surface area contributed by atoms with Gasteiger partial charge in [-0.25, -0.2) is 4.39 Å². The van der Waals surface area contributed by atoms with Crippen LogP contribution in [-0.4, -0.2) is 41.8 Å². The van der Waals surface area contributed by atoms with Gasteiger partial charge in [0, 0.05) is 18.5 Å². The van der Waals surface area contributed by atoms with Gasteiger partial charge in [-0.1, -0.05) is 12.1 Å². The summed E-state index contributed by atoms with van der Waals surface area (Å²) in [5.74, 6) is -1.96. The third kappa shape index (κ3) is 2.96. The Kier molecular flexibility index (Phi) is 4.46. The van der Waals surface area contributed by atoms with Crippen LogP contribution < -0.4 is 0 Å². The lowest BCUT2D eigenvalue weighted by Crippen LogP contribution is -2.48. The lowest BCUT2D eigenvalue weighted by atomic mass is 9.91. The molecule has 0 saturated carbocycles. The van der Waals surface area contributed by atoms with Gasteiger partial charge in [-0.2, -0.15) is 0 Å². The molecule has 1 amide bonds. The number of carbonyl (C=O) groups is 3. The molecule has 0 aliphatic carbocycles. The van der Waals surface area contributed by atoms with Crippen LogP contribution in [0.2, 0.25) is 0 Å². The van der Waals surface area contributed by atoms with Gasteiger partial charge in [-0.05, 0) is 37.1 Å². The summed E-state index contributed by atoms with van der Waals surface area (Å²) >= 11 is 0. The molecule has 1 fully saturated rings. The largest absolute Gasteiger partial charge is 0.466 e. The number of rotatable bonds is 4. The number of esters is 1. The molecule has 0 N–H and O–H groups in total. The zero-order valence-corrected chi connectivity index (χ0v) is 13.3. The van der Waals surface area contributed by atoms with Gasteiger partial charge >= 0.3 is 5.97 Å². The van der Waals surface area contributed by atoms with Crippen LogP contribution >= 0.6 is 0 Å². The highest BCUT2D eigenvalue weighted by Gasteiger charge is 2.48. The molecule has 0 spiro atoms. The molecule has 1 saturated heterocycles. The van der Waals surface area contributed by atoms with Crippen LogP contribution in [0.3, 0.4) is 0 Å². The molecule has 2 aliphatic rings. The summed E-state index contributed by atoms with van der Waals surface area (Å²) in [5.41, 5.74) is 0.952. The SMILES string of the molecule is CCOC(=O)C1CCN2C(=O)C(Cc3cccc(F)c3)=CC(=O)C12. The number of halogens is 1. The molecule has 1 aromatic rings. The van der Waals surface area contributed by atoms with E-state index in [1.807, 2.05) is 0 Å². The van der Waals surface area contributed by atoms with E-state index < -0.39 is 17.9 Å². The number of ether oxygens (including phenoxy) is 1. The second-order valence-electron chi connectivity index (χ2n) is 5.97. The first-order chi connectivity index (χ1) is 11.5. The minimum atomic E-state index is -0.771. The first-order valence-electron chi connectivity index (χ1n) is 7.97. The summed E-state index contributed by atoms with van der Waals surface area (Å²) < 4.78 is 18.3. The van der Waals surface area contributed by atoms with Crippen molar-refractivity contribution in [1.82, 2.24) is 4.90 Å². The molecule has 24 heavy (non-hydrogen) atoms. The van der Waals surface area contributed by atoms with Gasteiger partial charge < -0.3 is 9.64 Å². The molecule has 0 radical (unpaired) electrons. The Morgan fingerprint density at radius 2 is 2.17 bits per heavy atom. The summed E-state index contributed by atoms with van der Waals surface area (Å²) in [6, 6.07) is 5.17. The second kappa shape index (κ2) is 6.55. The Balaban J connectivity index is 1.82. The maximum Gasteiger partial charge on any atom is 0.311 e. The predicted molar refractivity (Wildman–Crippen MR) is 83.4 cm³/mol. The summed E-state index contributed by atoms with van der Waals surface area (Å²) in [6.45, 7) is 2.29. The number of nitrogens with zero attached hydrogens (tertiary/aromatic N) is 1. The van der Waals surface area contributed by atoms with Crippen molar-refractivity contribution in [1.29, 1.82) is 0 Å². The number of hydrogen-bond acceptors (Lipinski definition) is 4.